The number of nitrogens with one attached hydrogen (secondary N) is 2. The number of hydrogen-bond donors (Lipinski definition) is 2. The molecule has 0 atom stereocenters. The Morgan fingerprint density at radius 3 is 1.45 bits per heavy atom. The number of pyridine rings is 4. The number of benzene rings is 2. The number of anilines is 2. The first-order valence-corrected chi connectivity index (χ1v) is 24.5. The number of nitrogens with zero attached hydrogens (tertiary/aromatic N) is 10. The Kier molecular flexibility index (Phi) is 17.9. The number of rotatable bonds is 8. The molecular formula is C48H40Br2N12O4S2Zn. The molecule has 0 aliphatic rings. The third-order valence-electron chi connectivity index (χ3n) is 10.0. The summed E-state index contributed by atoms with van der Waals surface area (Å²) < 4.78 is 62.0. The summed E-state index contributed by atoms with van der Waals surface area (Å²) in [6.45, 7) is 21.9. The average Bonchev–Trinajstić information content (AvgIpc) is 3.99. The number of fused-ring (bicyclic) bond motifs is 2. The van der Waals surface area contributed by atoms with E-state index in [4.69, 9.17) is 28.9 Å². The van der Waals surface area contributed by atoms with Crippen molar-refractivity contribution in [2.24, 2.45) is 0 Å². The fourth-order valence-electron chi connectivity index (χ4n) is 6.50. The monoisotopic (exact) mass is 1130 g/mol. The summed E-state index contributed by atoms with van der Waals surface area (Å²) in [6.07, 6.45) is 6.39. The van der Waals surface area contributed by atoms with Crippen LogP contribution in [0.2, 0.25) is 0 Å². The maximum atomic E-state index is 13.1. The van der Waals surface area contributed by atoms with Crippen molar-refractivity contribution in [1.82, 2.24) is 29.2 Å². The van der Waals surface area contributed by atoms with Crippen LogP contribution in [-0.2, 0) is 50.4 Å². The third kappa shape index (κ3) is 12.8. The van der Waals surface area contributed by atoms with Gasteiger partial charge < -0.3 is 23.7 Å². The van der Waals surface area contributed by atoms with E-state index in [1.54, 1.807) is 83.8 Å². The van der Waals surface area contributed by atoms with Crippen LogP contribution in [0.3, 0.4) is 0 Å². The predicted molar refractivity (Wildman–Crippen MR) is 264 cm³/mol. The second kappa shape index (κ2) is 22.5. The number of sulfonamides is 2. The van der Waals surface area contributed by atoms with E-state index in [0.29, 0.717) is 39.4 Å². The zero-order valence-corrected chi connectivity index (χ0v) is 45.7. The van der Waals surface area contributed by atoms with Crippen molar-refractivity contribution in [2.75, 3.05) is 9.44 Å². The van der Waals surface area contributed by atoms with E-state index in [2.05, 4.69) is 109 Å². The van der Waals surface area contributed by atoms with Crippen molar-refractivity contribution in [3.8, 4) is 34.7 Å². The van der Waals surface area contributed by atoms with Crippen LogP contribution < -0.4 is 9.44 Å². The summed E-state index contributed by atoms with van der Waals surface area (Å²) in [5.41, 5.74) is 6.32. The van der Waals surface area contributed by atoms with Crippen molar-refractivity contribution in [3.63, 3.8) is 0 Å². The summed E-state index contributed by atoms with van der Waals surface area (Å²) >= 11 is 6.94. The van der Waals surface area contributed by atoms with Gasteiger partial charge in [-0.05, 0) is 127 Å². The van der Waals surface area contributed by atoms with Gasteiger partial charge in [-0.25, -0.2) is 25.9 Å². The molecule has 6 heterocycles. The number of aromatic nitrogens is 6. The molecule has 69 heavy (non-hydrogen) atoms. The molecule has 0 saturated carbocycles. The molecule has 0 spiro atoms. The SMILES string of the molecule is CC(C)(C)c1ccc(S(=O)(=O)Nc2ccc(Br)c3cc(-c4cncc(Br)c4)nn23)cc1.CC(C)(C)c1ccc(S(=O)(=O)Nc2ccc(C#N)c3cc(-c4cncc(C#N)c4)nn23)cc1.[C-]#N.[C-]#N.[Zn+2]. The van der Waals surface area contributed by atoms with Crippen LogP contribution in [0, 0.1) is 46.3 Å². The Bertz CT molecular complexity index is 3490. The summed E-state index contributed by atoms with van der Waals surface area (Å²) in [7, 11) is -7.69. The third-order valence-corrected chi connectivity index (χ3v) is 13.9. The molecule has 0 bridgehead atoms. The Morgan fingerprint density at radius 1 is 0.565 bits per heavy atom. The topological polar surface area (TPSA) is 248 Å². The van der Waals surface area contributed by atoms with Crippen LogP contribution in [0.15, 0.2) is 141 Å². The maximum Gasteiger partial charge on any atom is 2.00 e. The molecule has 0 aliphatic carbocycles. The van der Waals surface area contributed by atoms with Crippen molar-refractivity contribution in [2.45, 2.75) is 62.2 Å². The second-order valence-corrected chi connectivity index (χ2v) is 21.8. The van der Waals surface area contributed by atoms with Crippen LogP contribution in [-0.4, -0.2) is 46.0 Å². The molecule has 344 valence electrons. The zero-order valence-electron chi connectivity index (χ0n) is 37.9. The van der Waals surface area contributed by atoms with Gasteiger partial charge in [0.15, 0.2) is 0 Å². The zero-order chi connectivity index (χ0) is 50.2. The van der Waals surface area contributed by atoms with Crippen LogP contribution in [0.5, 0.6) is 0 Å². The summed E-state index contributed by atoms with van der Waals surface area (Å²) in [6, 6.07) is 31.3. The molecule has 2 N–H and O–H groups in total. The Morgan fingerprint density at radius 2 is 1.00 bits per heavy atom. The van der Waals surface area contributed by atoms with E-state index >= 15 is 0 Å². The molecule has 2 aromatic carbocycles. The van der Waals surface area contributed by atoms with E-state index in [9.17, 15) is 22.1 Å². The summed E-state index contributed by atoms with van der Waals surface area (Å²) in [4.78, 5) is 8.53. The first-order valence-electron chi connectivity index (χ1n) is 20.0. The fraction of sp³-hybridized carbons (Fsp3) is 0.167. The molecule has 0 unspecified atom stereocenters. The fourth-order valence-corrected chi connectivity index (χ4v) is 9.37. The van der Waals surface area contributed by atoms with Crippen molar-refractivity contribution < 1.29 is 36.3 Å². The van der Waals surface area contributed by atoms with Gasteiger partial charge in [-0.2, -0.15) is 20.7 Å². The molecule has 8 rings (SSSR count). The summed E-state index contributed by atoms with van der Waals surface area (Å²) in [5, 5.41) is 40.2. The molecular weight excluding hydrogens is 1100 g/mol. The van der Waals surface area contributed by atoms with Crippen LogP contribution in [0.4, 0.5) is 11.6 Å². The largest absolute Gasteiger partial charge is 2.00 e. The van der Waals surface area contributed by atoms with Gasteiger partial charge >= 0.3 is 19.5 Å². The minimum atomic E-state index is -3.90. The first kappa shape index (κ1) is 54.8. The number of hydrogen-bond acceptors (Lipinski definition) is 12. The normalized spacial score (nSPS) is 11.2. The number of halogens is 2. The average molecular weight is 1140 g/mol. The number of nitriles is 2. The molecule has 0 radical (unpaired) electrons. The van der Waals surface area contributed by atoms with Gasteiger partial charge in [0.25, 0.3) is 20.0 Å². The summed E-state index contributed by atoms with van der Waals surface area (Å²) in [5.74, 6) is 0.520. The molecule has 0 fully saturated rings. The van der Waals surface area contributed by atoms with Crippen LogP contribution in [0.25, 0.3) is 33.5 Å². The van der Waals surface area contributed by atoms with Crippen molar-refractivity contribution in [3.05, 3.63) is 166 Å². The van der Waals surface area contributed by atoms with Gasteiger partial charge in [-0.3, -0.25) is 19.4 Å². The standard InChI is InChI=1S/C24H20N6O2S.C22H20Br2N4O2S.2CN.Zn/c1-24(2,3)19-5-7-20(8-6-19)33(31,32)29-23-9-4-17(13-26)22-11-21(28-30(22)23)18-10-16(12-25)14-27-15-18;1-22(2,3)15-4-6-17(7-5-15)31(29,30)27-21-9-8-18(24)20-11-19(26-28(20)21)14-10-16(23)13-25-12-14;2*1-2;/h4-11,14-15,29H,1-3H3;4-13,27H,1-3H3;;;/q;;2*-1;+2. The second-order valence-electron chi connectivity index (χ2n) is 16.7. The van der Waals surface area contributed by atoms with Crippen molar-refractivity contribution in [1.29, 1.82) is 21.0 Å². The Labute approximate surface area is 430 Å². The van der Waals surface area contributed by atoms with Crippen molar-refractivity contribution >= 4 is 74.6 Å². The van der Waals surface area contributed by atoms with Gasteiger partial charge in [0.05, 0.1) is 43.3 Å². The van der Waals surface area contributed by atoms with Gasteiger partial charge in [-0.1, -0.05) is 65.8 Å². The van der Waals surface area contributed by atoms with Crippen LogP contribution in [0.1, 0.15) is 63.8 Å². The molecule has 21 heteroatoms. The molecule has 6 aromatic heterocycles. The van der Waals surface area contributed by atoms with Gasteiger partial charge in [0.2, 0.25) is 0 Å². The van der Waals surface area contributed by atoms with Crippen LogP contribution >= 0.6 is 31.9 Å². The molecule has 0 saturated heterocycles. The molecule has 0 aliphatic heterocycles. The van der Waals surface area contributed by atoms with E-state index in [0.717, 1.165) is 31.2 Å². The quantitative estimate of drug-likeness (QED) is 0.107. The van der Waals surface area contributed by atoms with Gasteiger partial charge in [0.1, 0.15) is 23.8 Å². The molecule has 16 nitrogen and oxygen atoms in total. The molecule has 8 aromatic rings. The van der Waals surface area contributed by atoms with Gasteiger partial charge in [0, 0.05) is 44.9 Å². The smallest absolute Gasteiger partial charge is 0.512 e. The predicted octanol–water partition coefficient (Wildman–Crippen LogP) is 10.4. The molecule has 0 amide bonds. The minimum absolute atomic E-state index is 0. The first-order chi connectivity index (χ1) is 32.2. The van der Waals surface area contributed by atoms with E-state index in [1.165, 1.54) is 22.8 Å². The Hall–Kier alpha value is -6.84. The van der Waals surface area contributed by atoms with E-state index < -0.39 is 20.0 Å². The Balaban J connectivity index is 0.000000277. The van der Waals surface area contributed by atoms with E-state index in [-0.39, 0.29) is 45.9 Å². The maximum absolute atomic E-state index is 13.1. The van der Waals surface area contributed by atoms with E-state index in [1.807, 2.05) is 30.3 Å². The van der Waals surface area contributed by atoms with Gasteiger partial charge in [-0.15, -0.1) is 0 Å². The minimum Gasteiger partial charge on any atom is -0.512 e.